The van der Waals surface area contributed by atoms with Crippen LogP contribution in [0, 0.1) is 11.9 Å². The summed E-state index contributed by atoms with van der Waals surface area (Å²) in [6, 6.07) is 8.22. The van der Waals surface area contributed by atoms with Crippen molar-refractivity contribution in [3.63, 3.8) is 0 Å². The van der Waals surface area contributed by atoms with Crippen molar-refractivity contribution in [3.05, 3.63) is 52.8 Å². The number of aromatic hydroxyl groups is 1. The van der Waals surface area contributed by atoms with Crippen LogP contribution in [0.15, 0.2) is 24.3 Å². The zero-order valence-electron chi connectivity index (χ0n) is 15.9. The van der Waals surface area contributed by atoms with Crippen molar-refractivity contribution in [2.75, 3.05) is 13.7 Å². The Morgan fingerprint density at radius 3 is 2.36 bits per heavy atom. The van der Waals surface area contributed by atoms with Gasteiger partial charge in [0.1, 0.15) is 17.1 Å². The van der Waals surface area contributed by atoms with E-state index in [1.54, 1.807) is 6.92 Å². The molecule has 1 radical (unpaired) electrons. The van der Waals surface area contributed by atoms with Gasteiger partial charge in [0.05, 0.1) is 19.3 Å². The number of hydrogen-bond donors (Lipinski definition) is 1. The molecule has 0 atom stereocenters. The number of phenols is 1. The van der Waals surface area contributed by atoms with Crippen LogP contribution in [0.3, 0.4) is 0 Å². The number of carbonyl (C=O) groups excluding carboxylic acids is 2. The van der Waals surface area contributed by atoms with Gasteiger partial charge in [0, 0.05) is 11.6 Å². The molecule has 0 spiro atoms. The molecule has 0 unspecified atom stereocenters. The summed E-state index contributed by atoms with van der Waals surface area (Å²) in [7, 11) is 1.26. The van der Waals surface area contributed by atoms with Gasteiger partial charge in [-0.15, -0.1) is 0 Å². The fourth-order valence-electron chi connectivity index (χ4n) is 3.77. The average Bonchev–Trinajstić information content (AvgIpc) is 3.22. The molecule has 1 N–H and O–H groups in total. The maximum absolute atomic E-state index is 13.5. The Hall–Kier alpha value is -2.89. The topological polar surface area (TPSA) is 72.8 Å². The van der Waals surface area contributed by atoms with Crippen LogP contribution < -0.4 is 0 Å². The van der Waals surface area contributed by atoms with Crippen LogP contribution in [-0.4, -0.2) is 30.8 Å². The van der Waals surface area contributed by atoms with E-state index in [-0.39, 0.29) is 35.0 Å². The van der Waals surface area contributed by atoms with E-state index < -0.39 is 17.8 Å². The number of rotatable bonds is 5. The van der Waals surface area contributed by atoms with Crippen LogP contribution in [0.1, 0.15) is 64.8 Å². The summed E-state index contributed by atoms with van der Waals surface area (Å²) in [6.07, 6.45) is 3.71. The van der Waals surface area contributed by atoms with Gasteiger partial charge in [0.15, 0.2) is 0 Å². The SMILES string of the molecule is CCOC(=O)c1c(O)[c]c(C2CCCC2)c(C(=O)OC)c1-c1ccc(F)cc1. The minimum atomic E-state index is -0.779. The molecular weight excluding hydrogens is 363 g/mol. The van der Waals surface area contributed by atoms with Crippen molar-refractivity contribution >= 4 is 11.9 Å². The molecular formula is C22H22FO5. The van der Waals surface area contributed by atoms with E-state index in [1.165, 1.54) is 31.4 Å². The summed E-state index contributed by atoms with van der Waals surface area (Å²) in [5, 5.41) is 10.6. The number of ether oxygens (including phenoxy) is 2. The maximum atomic E-state index is 13.5. The van der Waals surface area contributed by atoms with E-state index in [0.717, 1.165) is 25.7 Å². The molecule has 28 heavy (non-hydrogen) atoms. The molecule has 1 aliphatic carbocycles. The van der Waals surface area contributed by atoms with Gasteiger partial charge in [-0.25, -0.2) is 14.0 Å². The van der Waals surface area contributed by atoms with Crippen LogP contribution >= 0.6 is 0 Å². The van der Waals surface area contributed by atoms with Crippen molar-refractivity contribution in [3.8, 4) is 16.9 Å². The Kier molecular flexibility index (Phi) is 5.97. The molecule has 1 aliphatic rings. The second-order valence-electron chi connectivity index (χ2n) is 6.71. The monoisotopic (exact) mass is 385 g/mol. The molecule has 6 heteroatoms. The van der Waals surface area contributed by atoms with Gasteiger partial charge < -0.3 is 14.6 Å². The lowest BCUT2D eigenvalue weighted by Gasteiger charge is -2.21. The number of benzene rings is 2. The smallest absolute Gasteiger partial charge is 0.342 e. The molecule has 0 amide bonds. The van der Waals surface area contributed by atoms with Crippen molar-refractivity contribution in [1.29, 1.82) is 0 Å². The molecule has 2 aromatic rings. The van der Waals surface area contributed by atoms with Crippen molar-refractivity contribution in [1.82, 2.24) is 0 Å². The first-order chi connectivity index (χ1) is 13.5. The summed E-state index contributed by atoms with van der Waals surface area (Å²) in [5.74, 6) is -2.23. The summed E-state index contributed by atoms with van der Waals surface area (Å²) < 4.78 is 23.5. The lowest BCUT2D eigenvalue weighted by Crippen LogP contribution is -2.16. The third kappa shape index (κ3) is 3.72. The summed E-state index contributed by atoms with van der Waals surface area (Å²) in [5.41, 5.74) is 1.11. The Balaban J connectivity index is 2.35. The van der Waals surface area contributed by atoms with Crippen molar-refractivity contribution < 1.29 is 28.6 Å². The third-order valence-electron chi connectivity index (χ3n) is 5.02. The highest BCUT2D eigenvalue weighted by Crippen LogP contribution is 2.43. The van der Waals surface area contributed by atoms with Gasteiger partial charge in [-0.2, -0.15) is 0 Å². The first kappa shape index (κ1) is 19.9. The zero-order chi connectivity index (χ0) is 20.3. The van der Waals surface area contributed by atoms with Crippen LogP contribution in [0.2, 0.25) is 0 Å². The second-order valence-corrected chi connectivity index (χ2v) is 6.71. The molecule has 147 valence electrons. The third-order valence-corrected chi connectivity index (χ3v) is 5.02. The minimum absolute atomic E-state index is 0.0236. The number of esters is 2. The molecule has 1 fully saturated rings. The van der Waals surface area contributed by atoms with Gasteiger partial charge in [0.25, 0.3) is 0 Å². The summed E-state index contributed by atoms with van der Waals surface area (Å²) >= 11 is 0. The zero-order valence-corrected chi connectivity index (χ0v) is 15.9. The predicted molar refractivity (Wildman–Crippen MR) is 101 cm³/mol. The average molecular weight is 385 g/mol. The summed E-state index contributed by atoms with van der Waals surface area (Å²) in [6.45, 7) is 1.74. The maximum Gasteiger partial charge on any atom is 0.342 e. The van der Waals surface area contributed by atoms with Crippen molar-refractivity contribution in [2.45, 2.75) is 38.5 Å². The molecule has 2 aromatic carbocycles. The van der Waals surface area contributed by atoms with Crippen molar-refractivity contribution in [2.24, 2.45) is 0 Å². The quantitative estimate of drug-likeness (QED) is 0.761. The minimum Gasteiger partial charge on any atom is -0.506 e. The molecule has 0 saturated heterocycles. The Bertz CT molecular complexity index is 883. The first-order valence-electron chi connectivity index (χ1n) is 9.31. The first-order valence-corrected chi connectivity index (χ1v) is 9.31. The van der Waals surface area contributed by atoms with E-state index in [0.29, 0.717) is 11.1 Å². The normalized spacial score (nSPS) is 14.1. The number of halogens is 1. The molecule has 5 nitrogen and oxygen atoms in total. The number of hydrogen-bond acceptors (Lipinski definition) is 5. The largest absolute Gasteiger partial charge is 0.506 e. The highest BCUT2D eigenvalue weighted by molar-refractivity contribution is 6.08. The van der Waals surface area contributed by atoms with Crippen LogP contribution in [0.4, 0.5) is 4.39 Å². The van der Waals surface area contributed by atoms with Crippen LogP contribution in [-0.2, 0) is 9.47 Å². The standard InChI is InChI=1S/C22H22FO5/c1-3-28-22(26)20-17(24)12-16(13-6-4-5-7-13)19(21(25)27-2)18(20)14-8-10-15(23)11-9-14/h8-11,13,24H,3-7H2,1-2H3. The van der Waals surface area contributed by atoms with E-state index in [2.05, 4.69) is 6.07 Å². The van der Waals surface area contributed by atoms with Gasteiger partial charge >= 0.3 is 11.9 Å². The number of phenolic OH excluding ortho intramolecular Hbond substituents is 1. The molecule has 0 bridgehead atoms. The molecule has 0 aliphatic heterocycles. The van der Waals surface area contributed by atoms with Gasteiger partial charge in [-0.3, -0.25) is 0 Å². The lowest BCUT2D eigenvalue weighted by atomic mass is 9.84. The van der Waals surface area contributed by atoms with Gasteiger partial charge in [-0.1, -0.05) is 25.0 Å². The summed E-state index contributed by atoms with van der Waals surface area (Å²) in [4.78, 5) is 25.3. The van der Waals surface area contributed by atoms with Gasteiger partial charge in [0.2, 0.25) is 0 Å². The predicted octanol–water partition coefficient (Wildman–Crippen LogP) is 4.62. The molecule has 1 saturated carbocycles. The van der Waals surface area contributed by atoms with E-state index >= 15 is 0 Å². The highest BCUT2D eigenvalue weighted by atomic mass is 19.1. The number of carbonyl (C=O) groups is 2. The van der Waals surface area contributed by atoms with Crippen LogP contribution in [0.25, 0.3) is 11.1 Å². The van der Waals surface area contributed by atoms with Crippen LogP contribution in [0.5, 0.6) is 5.75 Å². The molecule has 3 rings (SSSR count). The Labute approximate surface area is 163 Å². The second kappa shape index (κ2) is 8.42. The highest BCUT2D eigenvalue weighted by Gasteiger charge is 2.32. The molecule has 0 heterocycles. The lowest BCUT2D eigenvalue weighted by molar-refractivity contribution is 0.0524. The fourth-order valence-corrected chi connectivity index (χ4v) is 3.77. The molecule has 0 aromatic heterocycles. The Morgan fingerprint density at radius 2 is 1.79 bits per heavy atom. The fraction of sp³-hybridized carbons (Fsp3) is 0.364. The van der Waals surface area contributed by atoms with E-state index in [9.17, 15) is 19.1 Å². The number of methoxy groups -OCH3 is 1. The van der Waals surface area contributed by atoms with Gasteiger partial charge in [-0.05, 0) is 48.9 Å². The Morgan fingerprint density at radius 1 is 1.14 bits per heavy atom. The van der Waals surface area contributed by atoms with E-state index in [1.807, 2.05) is 0 Å². The van der Waals surface area contributed by atoms with E-state index in [4.69, 9.17) is 9.47 Å².